The van der Waals surface area contributed by atoms with Crippen molar-refractivity contribution < 1.29 is 36.9 Å². The molecular weight excluding hydrogens is 709 g/mol. The zero-order valence-electron chi connectivity index (χ0n) is 30.1. The van der Waals surface area contributed by atoms with Crippen LogP contribution < -0.4 is 14.4 Å². The number of ether oxygens (including phenoxy) is 3. The highest BCUT2D eigenvalue weighted by atomic mass is 35.5. The predicted octanol–water partition coefficient (Wildman–Crippen LogP) is 5.54. The molecule has 1 aliphatic carbocycles. The molecule has 0 aromatic heterocycles. The Hall–Kier alpha value is -2.74. The quantitative estimate of drug-likeness (QED) is 0.415. The number of sulfonamides is 1. The summed E-state index contributed by atoms with van der Waals surface area (Å²) >= 11 is 6.45. The minimum absolute atomic E-state index is 0.0294. The van der Waals surface area contributed by atoms with Crippen LogP contribution in [0.2, 0.25) is 5.02 Å². The summed E-state index contributed by atoms with van der Waals surface area (Å²) in [5.41, 5.74) is 2.88. The van der Waals surface area contributed by atoms with Crippen molar-refractivity contribution in [2.75, 3.05) is 51.0 Å². The van der Waals surface area contributed by atoms with Crippen molar-refractivity contribution in [2.24, 2.45) is 5.92 Å². The molecule has 1 spiro atoms. The maximum atomic E-state index is 16.7. The molecule has 1 amide bonds. The third kappa shape index (κ3) is 7.75. The fourth-order valence-corrected chi connectivity index (χ4v) is 10.3. The van der Waals surface area contributed by atoms with Gasteiger partial charge in [0, 0.05) is 48.3 Å². The molecule has 0 saturated carbocycles. The number of carbonyl (C=O) groups is 1. The fourth-order valence-electron chi connectivity index (χ4n) is 8.86. The van der Waals surface area contributed by atoms with Crippen molar-refractivity contribution in [3.05, 3.63) is 70.0 Å². The predicted molar refractivity (Wildman–Crippen MR) is 198 cm³/mol. The van der Waals surface area contributed by atoms with Gasteiger partial charge in [-0.25, -0.2) is 17.5 Å². The zero-order valence-corrected chi connectivity index (χ0v) is 31.6. The number of anilines is 1. The second-order valence-electron chi connectivity index (χ2n) is 15.5. The molecule has 10 nitrogen and oxygen atoms in total. The Morgan fingerprint density at radius 1 is 1.13 bits per heavy atom. The number of amides is 1. The molecular formula is C39H51ClFN3O7S. The monoisotopic (exact) mass is 759 g/mol. The summed E-state index contributed by atoms with van der Waals surface area (Å²) in [6.07, 6.45) is 6.11. The van der Waals surface area contributed by atoms with E-state index in [1.807, 2.05) is 12.1 Å². The molecule has 2 fully saturated rings. The third-order valence-corrected chi connectivity index (χ3v) is 14.2. The number of nitrogens with one attached hydrogen (secondary N) is 1. The maximum Gasteiger partial charge on any atom is 0.264 e. The first-order chi connectivity index (χ1) is 24.9. The average molecular weight is 760 g/mol. The number of carbonyl (C=O) groups excluding carboxylic acids is 1. The third-order valence-electron chi connectivity index (χ3n) is 12.0. The van der Waals surface area contributed by atoms with Gasteiger partial charge in [-0.05, 0) is 112 Å². The highest BCUT2D eigenvalue weighted by Crippen LogP contribution is 2.45. The lowest BCUT2D eigenvalue weighted by molar-refractivity contribution is -0.0756. The van der Waals surface area contributed by atoms with Gasteiger partial charge in [0.15, 0.2) is 0 Å². The molecule has 52 heavy (non-hydrogen) atoms. The number of nitrogens with zero attached hydrogens (tertiary/aromatic N) is 2. The number of benzene rings is 2. The van der Waals surface area contributed by atoms with Crippen LogP contribution >= 0.6 is 11.6 Å². The lowest BCUT2D eigenvalue weighted by atomic mass is 9.70. The van der Waals surface area contributed by atoms with Gasteiger partial charge in [0.05, 0.1) is 42.4 Å². The number of aliphatic hydroxyl groups is 1. The van der Waals surface area contributed by atoms with Crippen LogP contribution in [0.1, 0.15) is 80.3 Å². The van der Waals surface area contributed by atoms with Gasteiger partial charge in [0.1, 0.15) is 11.6 Å². The summed E-state index contributed by atoms with van der Waals surface area (Å²) in [6, 6.07) is 10.0. The minimum Gasteiger partial charge on any atom is -0.490 e. The molecule has 2 aromatic carbocycles. The lowest BCUT2D eigenvalue weighted by Gasteiger charge is -2.43. The number of hydrogen-bond acceptors (Lipinski definition) is 9. The number of fused-ring (bicyclic) bond motifs is 4. The van der Waals surface area contributed by atoms with Crippen molar-refractivity contribution in [1.29, 1.82) is 0 Å². The smallest absolute Gasteiger partial charge is 0.264 e. The van der Waals surface area contributed by atoms with Crippen LogP contribution in [0.15, 0.2) is 48.3 Å². The van der Waals surface area contributed by atoms with E-state index in [0.717, 1.165) is 44.9 Å². The van der Waals surface area contributed by atoms with Crippen LogP contribution in [0.25, 0.3) is 0 Å². The molecule has 2 aromatic rings. The summed E-state index contributed by atoms with van der Waals surface area (Å²) in [6.45, 7) is 6.45. The van der Waals surface area contributed by atoms with Gasteiger partial charge in [-0.1, -0.05) is 30.7 Å². The molecule has 4 heterocycles. The standard InChI is InChI=1S/C39H51ClFN3O7S/c1-25-7-11-33(41)37(35(45)22-50-31-13-17-49-18-14-31)44-16-4-6-30(44)21-43-23-39(15-3-5-27-19-29(40)9-10-32(27)39)24-51-36-12-8-28(20-34(36)43)38(46)42-52(47,48)26(25)2/h8-12,19-20,25-26,30-31,35,37,45H,3-7,13-18,21-24H2,1-2H3,(H,42,46)/b33-11-/t25-,26+,30-,35-,37+,39-/m0/s1. The Kier molecular flexibility index (Phi) is 11.2. The van der Waals surface area contributed by atoms with E-state index in [-0.39, 0.29) is 36.2 Å². The second kappa shape index (κ2) is 15.5. The van der Waals surface area contributed by atoms with Crippen molar-refractivity contribution in [3.63, 3.8) is 0 Å². The highest BCUT2D eigenvalue weighted by Gasteiger charge is 2.45. The van der Waals surface area contributed by atoms with Crippen LogP contribution in [-0.2, 0) is 31.3 Å². The van der Waals surface area contributed by atoms with Crippen LogP contribution in [0.5, 0.6) is 5.75 Å². The van der Waals surface area contributed by atoms with Crippen molar-refractivity contribution in [1.82, 2.24) is 9.62 Å². The van der Waals surface area contributed by atoms with Gasteiger partial charge in [0.25, 0.3) is 5.91 Å². The normalized spacial score (nSPS) is 31.8. The number of aliphatic hydroxyl groups excluding tert-OH is 1. The Morgan fingerprint density at radius 2 is 1.94 bits per heavy atom. The summed E-state index contributed by atoms with van der Waals surface area (Å²) in [5.74, 6) is -1.14. The molecule has 2 bridgehead atoms. The first kappa shape index (κ1) is 37.6. The minimum atomic E-state index is -4.12. The van der Waals surface area contributed by atoms with Crippen LogP contribution in [0, 0.1) is 5.92 Å². The van der Waals surface area contributed by atoms with E-state index in [4.69, 9.17) is 25.8 Å². The van der Waals surface area contributed by atoms with Gasteiger partial charge in [0.2, 0.25) is 10.0 Å². The largest absolute Gasteiger partial charge is 0.490 e. The molecule has 5 aliphatic rings. The fraction of sp³-hybridized carbons (Fsp3) is 0.615. The Bertz CT molecular complexity index is 1770. The van der Waals surface area contributed by atoms with Crippen LogP contribution in [0.4, 0.5) is 10.1 Å². The molecule has 4 aliphatic heterocycles. The van der Waals surface area contributed by atoms with Crippen molar-refractivity contribution >= 4 is 33.2 Å². The topological polar surface area (TPSA) is 118 Å². The van der Waals surface area contributed by atoms with Gasteiger partial charge in [-0.3, -0.25) is 9.69 Å². The average Bonchev–Trinajstić information content (AvgIpc) is 3.52. The first-order valence-electron chi connectivity index (χ1n) is 18.8. The van der Waals surface area contributed by atoms with Gasteiger partial charge < -0.3 is 24.2 Å². The van der Waals surface area contributed by atoms with E-state index in [2.05, 4.69) is 20.6 Å². The van der Waals surface area contributed by atoms with Crippen molar-refractivity contribution in [3.8, 4) is 5.75 Å². The SMILES string of the molecule is C[C@@H]1[C@@H](C)C/C=C(\F)[C@H]([C@@H](O)COC2CCOCC2)N2CCC[C@H]2CN2C[C@@]3(CCCc4cc(Cl)ccc43)COc3ccc(cc32)C(=O)NS1(=O)=O. The van der Waals surface area contributed by atoms with E-state index in [0.29, 0.717) is 55.9 Å². The van der Waals surface area contributed by atoms with E-state index in [1.54, 1.807) is 25.1 Å². The summed E-state index contributed by atoms with van der Waals surface area (Å²) in [5, 5.41) is 11.4. The van der Waals surface area contributed by atoms with E-state index in [9.17, 15) is 18.3 Å². The lowest BCUT2D eigenvalue weighted by Crippen LogP contribution is -2.53. The number of halogens is 2. The molecule has 7 rings (SSSR count). The Balaban J connectivity index is 1.29. The zero-order chi connectivity index (χ0) is 36.6. The van der Waals surface area contributed by atoms with Gasteiger partial charge in [-0.15, -0.1) is 0 Å². The Labute approximate surface area is 311 Å². The number of allylic oxidation sites excluding steroid dienone is 1. The van der Waals surface area contributed by atoms with E-state index >= 15 is 4.39 Å². The van der Waals surface area contributed by atoms with E-state index < -0.39 is 45.1 Å². The number of aryl methyl sites for hydroxylation is 1. The maximum absolute atomic E-state index is 16.7. The van der Waals surface area contributed by atoms with E-state index in [1.165, 1.54) is 24.1 Å². The summed E-state index contributed by atoms with van der Waals surface area (Å²) in [4.78, 5) is 17.9. The van der Waals surface area contributed by atoms with Gasteiger partial charge in [-0.2, -0.15) is 0 Å². The Morgan fingerprint density at radius 3 is 2.75 bits per heavy atom. The molecule has 13 heteroatoms. The van der Waals surface area contributed by atoms with Crippen molar-refractivity contribution in [2.45, 2.75) is 100 Å². The number of hydrogen-bond donors (Lipinski definition) is 2. The highest BCUT2D eigenvalue weighted by molar-refractivity contribution is 7.90. The molecule has 2 saturated heterocycles. The molecule has 6 atom stereocenters. The number of rotatable bonds is 4. The molecule has 2 N–H and O–H groups in total. The summed E-state index contributed by atoms with van der Waals surface area (Å²) in [7, 11) is -4.12. The van der Waals surface area contributed by atoms with Crippen LogP contribution in [-0.4, -0.2) is 99.9 Å². The molecule has 284 valence electrons. The molecule has 0 unspecified atom stereocenters. The first-order valence-corrected chi connectivity index (χ1v) is 20.7. The summed E-state index contributed by atoms with van der Waals surface area (Å²) < 4.78 is 64.1. The molecule has 0 radical (unpaired) electrons. The second-order valence-corrected chi connectivity index (χ2v) is 17.9. The van der Waals surface area contributed by atoms with Gasteiger partial charge >= 0.3 is 0 Å². The van der Waals surface area contributed by atoms with Crippen LogP contribution in [0.3, 0.4) is 0 Å².